The number of rotatable bonds is 2. The highest BCUT2D eigenvalue weighted by molar-refractivity contribution is 7.26. The van der Waals surface area contributed by atoms with Crippen LogP contribution in [0.2, 0.25) is 0 Å². The van der Waals surface area contributed by atoms with Crippen molar-refractivity contribution in [3.05, 3.63) is 127 Å². The van der Waals surface area contributed by atoms with E-state index < -0.39 is 0 Å². The van der Waals surface area contributed by atoms with E-state index in [0.717, 1.165) is 49.5 Å². The highest BCUT2D eigenvalue weighted by atomic mass is 32.1. The number of hydrogen-bond acceptors (Lipinski definition) is 4. The molecule has 10 aromatic rings. The van der Waals surface area contributed by atoms with E-state index in [-0.39, 0.29) is 0 Å². The summed E-state index contributed by atoms with van der Waals surface area (Å²) in [7, 11) is 0. The van der Waals surface area contributed by atoms with Crippen LogP contribution < -0.4 is 0 Å². The summed E-state index contributed by atoms with van der Waals surface area (Å²) in [6, 6.07) is 44.7. The van der Waals surface area contributed by atoms with Gasteiger partial charge < -0.3 is 4.42 Å². The van der Waals surface area contributed by atoms with Gasteiger partial charge in [-0.15, -0.1) is 11.3 Å². The number of aromatic nitrogens is 3. The SMILES string of the molecule is c1ccc(-c2nc(-n3c4ccccc4c4ccc5sc6ccccc6c5c43)nc3c2oc2cc4ccccc4cc23)cc1. The largest absolute Gasteiger partial charge is 0.452 e. The fourth-order valence-electron chi connectivity index (χ4n) is 6.68. The summed E-state index contributed by atoms with van der Waals surface area (Å²) >= 11 is 1.83. The maximum absolute atomic E-state index is 6.58. The van der Waals surface area contributed by atoms with Crippen LogP contribution in [0.3, 0.4) is 0 Å². The summed E-state index contributed by atoms with van der Waals surface area (Å²) in [6.07, 6.45) is 0. The zero-order valence-electron chi connectivity index (χ0n) is 22.8. The van der Waals surface area contributed by atoms with Gasteiger partial charge in [-0.3, -0.25) is 4.57 Å². The Bertz CT molecular complexity index is 2730. The van der Waals surface area contributed by atoms with E-state index in [1.54, 1.807) is 0 Å². The Morgan fingerprint density at radius 1 is 0.581 bits per heavy atom. The van der Waals surface area contributed by atoms with E-state index in [1.807, 2.05) is 29.5 Å². The Balaban J connectivity index is 1.41. The first-order chi connectivity index (χ1) is 21.3. The number of nitrogens with zero attached hydrogens (tertiary/aromatic N) is 3. The van der Waals surface area contributed by atoms with Gasteiger partial charge in [0.2, 0.25) is 5.95 Å². The molecule has 0 N–H and O–H groups in total. The summed E-state index contributed by atoms with van der Waals surface area (Å²) in [5.41, 5.74) is 6.32. The minimum Gasteiger partial charge on any atom is -0.452 e. The number of benzene rings is 6. The summed E-state index contributed by atoms with van der Waals surface area (Å²) in [6.45, 7) is 0. The molecule has 0 fully saturated rings. The van der Waals surface area contributed by atoms with Crippen molar-refractivity contribution >= 4 is 86.2 Å². The number of hydrogen-bond donors (Lipinski definition) is 0. The van der Waals surface area contributed by atoms with Crippen LogP contribution in [0.1, 0.15) is 0 Å². The van der Waals surface area contributed by atoms with Gasteiger partial charge in [0.25, 0.3) is 0 Å². The lowest BCUT2D eigenvalue weighted by Gasteiger charge is -2.10. The van der Waals surface area contributed by atoms with Crippen molar-refractivity contribution in [2.24, 2.45) is 0 Å². The molecule has 43 heavy (non-hydrogen) atoms. The normalized spacial score (nSPS) is 12.2. The Morgan fingerprint density at radius 2 is 1.33 bits per heavy atom. The fourth-order valence-corrected chi connectivity index (χ4v) is 7.79. The molecule has 10 rings (SSSR count). The molecule has 0 unspecified atom stereocenters. The van der Waals surface area contributed by atoms with Gasteiger partial charge in [-0.1, -0.05) is 97.1 Å². The van der Waals surface area contributed by atoms with Crippen LogP contribution in [0.25, 0.3) is 92.0 Å². The zero-order chi connectivity index (χ0) is 28.1. The minimum atomic E-state index is 0.635. The quantitative estimate of drug-likeness (QED) is 0.209. The van der Waals surface area contributed by atoms with Crippen LogP contribution in [0.15, 0.2) is 132 Å². The van der Waals surface area contributed by atoms with Gasteiger partial charge in [-0.25, -0.2) is 9.97 Å². The molecule has 0 bridgehead atoms. The average molecular weight is 568 g/mol. The van der Waals surface area contributed by atoms with Crippen molar-refractivity contribution in [1.82, 2.24) is 14.5 Å². The van der Waals surface area contributed by atoms with Gasteiger partial charge in [-0.05, 0) is 41.1 Å². The third kappa shape index (κ3) is 3.20. The molecule has 5 heteroatoms. The predicted molar refractivity (Wildman–Crippen MR) is 179 cm³/mol. The van der Waals surface area contributed by atoms with E-state index in [9.17, 15) is 0 Å². The summed E-state index contributed by atoms with van der Waals surface area (Å²) in [5, 5.41) is 8.15. The molecule has 0 aliphatic rings. The zero-order valence-corrected chi connectivity index (χ0v) is 23.6. The molecule has 4 heterocycles. The molecule has 0 saturated carbocycles. The number of thiophene rings is 1. The van der Waals surface area contributed by atoms with Crippen LogP contribution in [0, 0.1) is 0 Å². The highest BCUT2D eigenvalue weighted by Crippen LogP contribution is 2.43. The molecule has 0 atom stereocenters. The fraction of sp³-hybridized carbons (Fsp3) is 0. The number of para-hydroxylation sites is 1. The maximum atomic E-state index is 6.58. The van der Waals surface area contributed by atoms with Crippen molar-refractivity contribution in [3.63, 3.8) is 0 Å². The van der Waals surface area contributed by atoms with Crippen LogP contribution in [-0.2, 0) is 0 Å². The monoisotopic (exact) mass is 567 g/mol. The van der Waals surface area contributed by atoms with Crippen molar-refractivity contribution in [1.29, 1.82) is 0 Å². The van der Waals surface area contributed by atoms with Gasteiger partial charge in [0.15, 0.2) is 5.58 Å². The molecule has 4 aromatic heterocycles. The lowest BCUT2D eigenvalue weighted by Crippen LogP contribution is -2.03. The first-order valence-electron chi connectivity index (χ1n) is 14.3. The third-order valence-electron chi connectivity index (χ3n) is 8.59. The molecule has 0 radical (unpaired) electrons. The van der Waals surface area contributed by atoms with E-state index in [1.165, 1.54) is 30.9 Å². The van der Waals surface area contributed by atoms with E-state index in [0.29, 0.717) is 11.5 Å². The average Bonchev–Trinajstić information content (AvgIpc) is 3.72. The predicted octanol–water partition coefficient (Wildman–Crippen LogP) is 10.7. The van der Waals surface area contributed by atoms with Crippen molar-refractivity contribution < 1.29 is 4.42 Å². The van der Waals surface area contributed by atoms with Crippen LogP contribution in [-0.4, -0.2) is 14.5 Å². The Kier molecular flexibility index (Phi) is 4.57. The Hall–Kier alpha value is -5.52. The van der Waals surface area contributed by atoms with Crippen molar-refractivity contribution in [3.8, 4) is 17.2 Å². The standard InChI is InChI=1S/C38H21N3OS/c1-2-10-22(11-3-1)34-37-35(28-20-23-12-4-5-13-24(23)21-30(28)42-37)40-38(39-34)41-29-16-8-6-14-25(29)26-18-19-32-33(36(26)41)27-15-7-9-17-31(27)43-32/h1-21H. The smallest absolute Gasteiger partial charge is 0.236 e. The maximum Gasteiger partial charge on any atom is 0.236 e. The van der Waals surface area contributed by atoms with Crippen molar-refractivity contribution in [2.45, 2.75) is 0 Å². The molecule has 0 amide bonds. The van der Waals surface area contributed by atoms with E-state index in [2.05, 4.69) is 114 Å². The summed E-state index contributed by atoms with van der Waals surface area (Å²) in [5.74, 6) is 0.635. The van der Waals surface area contributed by atoms with E-state index >= 15 is 0 Å². The van der Waals surface area contributed by atoms with Crippen molar-refractivity contribution in [2.75, 3.05) is 0 Å². The summed E-state index contributed by atoms with van der Waals surface area (Å²) in [4.78, 5) is 10.6. The highest BCUT2D eigenvalue weighted by Gasteiger charge is 2.23. The van der Waals surface area contributed by atoms with E-state index in [4.69, 9.17) is 14.4 Å². The third-order valence-corrected chi connectivity index (χ3v) is 9.73. The lowest BCUT2D eigenvalue weighted by molar-refractivity contribution is 0.667. The number of fused-ring (bicyclic) bond motifs is 11. The van der Waals surface area contributed by atoms with Gasteiger partial charge >= 0.3 is 0 Å². The molecule has 0 aliphatic heterocycles. The Morgan fingerprint density at radius 3 is 2.21 bits per heavy atom. The summed E-state index contributed by atoms with van der Waals surface area (Å²) < 4.78 is 11.4. The second-order valence-corrected chi connectivity index (χ2v) is 12.1. The van der Waals surface area contributed by atoms with Gasteiger partial charge in [0.1, 0.15) is 16.8 Å². The minimum absolute atomic E-state index is 0.635. The first-order valence-corrected chi connectivity index (χ1v) is 15.2. The molecule has 0 saturated heterocycles. The molecular weight excluding hydrogens is 547 g/mol. The Labute approximate surface area is 249 Å². The molecule has 200 valence electrons. The molecule has 4 nitrogen and oxygen atoms in total. The first kappa shape index (κ1) is 23.1. The molecule has 0 aliphatic carbocycles. The van der Waals surface area contributed by atoms with Gasteiger partial charge in [0.05, 0.1) is 11.0 Å². The second kappa shape index (κ2) is 8.51. The molecule has 6 aromatic carbocycles. The lowest BCUT2D eigenvalue weighted by atomic mass is 10.1. The van der Waals surface area contributed by atoms with Crippen LogP contribution in [0.4, 0.5) is 0 Å². The topological polar surface area (TPSA) is 43.9 Å². The van der Waals surface area contributed by atoms with Crippen LogP contribution >= 0.6 is 11.3 Å². The van der Waals surface area contributed by atoms with Gasteiger partial charge in [0, 0.05) is 41.9 Å². The number of furan rings is 1. The molecular formula is C38H21N3OS. The molecule has 0 spiro atoms. The van der Waals surface area contributed by atoms with Crippen LogP contribution in [0.5, 0.6) is 0 Å². The van der Waals surface area contributed by atoms with Gasteiger partial charge in [-0.2, -0.15) is 0 Å². The second-order valence-electron chi connectivity index (χ2n) is 11.0.